The molecule has 20 heavy (non-hydrogen) atoms. The number of nitrogens with zero attached hydrogens (tertiary/aromatic N) is 2. The van der Waals surface area contributed by atoms with Gasteiger partial charge in [-0.25, -0.2) is 4.98 Å². The number of hydrogen-bond donors (Lipinski definition) is 2. The van der Waals surface area contributed by atoms with Gasteiger partial charge < -0.3 is 10.6 Å². The van der Waals surface area contributed by atoms with E-state index >= 15 is 0 Å². The lowest BCUT2D eigenvalue weighted by molar-refractivity contribution is 0.830. The van der Waals surface area contributed by atoms with E-state index in [0.717, 1.165) is 25.3 Å². The number of anilines is 2. The number of unbranched alkanes of at least 4 members (excludes halogenated alkanes) is 1. The van der Waals surface area contributed by atoms with E-state index in [1.54, 1.807) is 6.20 Å². The van der Waals surface area contributed by atoms with Crippen LogP contribution in [0.15, 0.2) is 36.5 Å². The summed E-state index contributed by atoms with van der Waals surface area (Å²) in [7, 11) is 0. The molecule has 0 unspecified atom stereocenters. The Bertz CT molecular complexity index is 522. The molecule has 2 aromatic rings. The summed E-state index contributed by atoms with van der Waals surface area (Å²) in [5.41, 5.74) is 2.50. The van der Waals surface area contributed by atoms with Crippen LogP contribution in [0.25, 0.3) is 0 Å². The number of benzene rings is 1. The predicted octanol–water partition coefficient (Wildman–Crippen LogP) is 3.61. The monoisotopic (exact) mass is 270 g/mol. The lowest BCUT2D eigenvalue weighted by Crippen LogP contribution is -2.07. The minimum absolute atomic E-state index is 0.659. The molecule has 0 aliphatic rings. The largest absolute Gasteiger partial charge is 0.370 e. The van der Waals surface area contributed by atoms with Crippen molar-refractivity contribution in [3.05, 3.63) is 47.7 Å². The summed E-state index contributed by atoms with van der Waals surface area (Å²) in [6, 6.07) is 10.4. The van der Waals surface area contributed by atoms with Gasteiger partial charge in [0.05, 0.1) is 0 Å². The number of nitrogens with one attached hydrogen (secondary N) is 2. The smallest absolute Gasteiger partial charge is 0.224 e. The number of hydrogen-bond acceptors (Lipinski definition) is 4. The zero-order valence-corrected chi connectivity index (χ0v) is 12.2. The van der Waals surface area contributed by atoms with Crippen molar-refractivity contribution >= 4 is 11.8 Å². The highest BCUT2D eigenvalue weighted by Gasteiger charge is 1.99. The van der Waals surface area contributed by atoms with E-state index in [-0.39, 0.29) is 0 Å². The van der Waals surface area contributed by atoms with Crippen molar-refractivity contribution in [2.75, 3.05) is 17.2 Å². The fourth-order valence-corrected chi connectivity index (χ4v) is 1.82. The molecule has 4 nitrogen and oxygen atoms in total. The molecule has 0 saturated carbocycles. The first-order valence-electron chi connectivity index (χ1n) is 7.14. The third-order valence-electron chi connectivity index (χ3n) is 3.06. The summed E-state index contributed by atoms with van der Waals surface area (Å²) >= 11 is 0. The Morgan fingerprint density at radius 1 is 1.05 bits per heavy atom. The molecule has 4 heteroatoms. The second-order valence-corrected chi connectivity index (χ2v) is 4.88. The van der Waals surface area contributed by atoms with E-state index in [2.05, 4.69) is 58.7 Å². The Morgan fingerprint density at radius 2 is 1.85 bits per heavy atom. The van der Waals surface area contributed by atoms with Crippen molar-refractivity contribution in [2.24, 2.45) is 0 Å². The Balaban J connectivity index is 1.89. The van der Waals surface area contributed by atoms with Crippen LogP contribution < -0.4 is 10.6 Å². The van der Waals surface area contributed by atoms with E-state index < -0.39 is 0 Å². The molecule has 0 atom stereocenters. The van der Waals surface area contributed by atoms with Crippen LogP contribution in [0, 0.1) is 6.92 Å². The number of rotatable bonds is 7. The van der Waals surface area contributed by atoms with E-state index in [0.29, 0.717) is 5.95 Å². The summed E-state index contributed by atoms with van der Waals surface area (Å²) in [5.74, 6) is 1.53. The second-order valence-electron chi connectivity index (χ2n) is 4.88. The maximum absolute atomic E-state index is 4.44. The van der Waals surface area contributed by atoms with Gasteiger partial charge in [0.15, 0.2) is 0 Å². The van der Waals surface area contributed by atoms with Gasteiger partial charge in [0, 0.05) is 19.3 Å². The Hall–Kier alpha value is -2.10. The van der Waals surface area contributed by atoms with E-state index in [1.165, 1.54) is 17.5 Å². The topological polar surface area (TPSA) is 49.8 Å². The van der Waals surface area contributed by atoms with Gasteiger partial charge in [-0.1, -0.05) is 43.2 Å². The molecule has 0 aliphatic carbocycles. The van der Waals surface area contributed by atoms with Crippen molar-refractivity contribution < 1.29 is 0 Å². The highest BCUT2D eigenvalue weighted by Crippen LogP contribution is 2.09. The fourth-order valence-electron chi connectivity index (χ4n) is 1.82. The average molecular weight is 270 g/mol. The summed E-state index contributed by atoms with van der Waals surface area (Å²) in [6.07, 6.45) is 4.10. The summed E-state index contributed by atoms with van der Waals surface area (Å²) in [6.45, 7) is 5.95. The van der Waals surface area contributed by atoms with Crippen LogP contribution in [0.1, 0.15) is 30.9 Å². The molecule has 0 bridgehead atoms. The molecule has 0 spiro atoms. The molecular formula is C16H22N4. The summed E-state index contributed by atoms with van der Waals surface area (Å²) in [5, 5.41) is 6.55. The first-order valence-corrected chi connectivity index (χ1v) is 7.14. The molecule has 106 valence electrons. The lowest BCUT2D eigenvalue weighted by atomic mass is 10.1. The standard InChI is InChI=1S/C16H22N4/c1-3-4-10-17-15-9-11-18-16(20-15)19-12-14-7-5-13(2)6-8-14/h5-9,11H,3-4,10,12H2,1-2H3,(H2,17,18,19,20). The Labute approximate surface area is 120 Å². The van der Waals surface area contributed by atoms with Crippen molar-refractivity contribution in [1.82, 2.24) is 9.97 Å². The van der Waals surface area contributed by atoms with Crippen LogP contribution in [0.5, 0.6) is 0 Å². The maximum Gasteiger partial charge on any atom is 0.224 e. The van der Waals surface area contributed by atoms with Gasteiger partial charge in [0.25, 0.3) is 0 Å². The molecule has 0 saturated heterocycles. The van der Waals surface area contributed by atoms with Gasteiger partial charge in [0.2, 0.25) is 5.95 Å². The Morgan fingerprint density at radius 3 is 2.60 bits per heavy atom. The Kier molecular flexibility index (Phi) is 5.35. The number of aromatic nitrogens is 2. The normalized spacial score (nSPS) is 10.3. The molecule has 0 fully saturated rings. The summed E-state index contributed by atoms with van der Waals surface area (Å²) in [4.78, 5) is 8.68. The van der Waals surface area contributed by atoms with Crippen molar-refractivity contribution in [3.63, 3.8) is 0 Å². The van der Waals surface area contributed by atoms with Crippen molar-refractivity contribution in [2.45, 2.75) is 33.2 Å². The molecule has 2 rings (SSSR count). The van der Waals surface area contributed by atoms with Gasteiger partial charge in [-0.15, -0.1) is 0 Å². The fraction of sp³-hybridized carbons (Fsp3) is 0.375. The van der Waals surface area contributed by atoms with E-state index in [1.807, 2.05) is 6.07 Å². The zero-order valence-electron chi connectivity index (χ0n) is 12.2. The first kappa shape index (κ1) is 14.3. The maximum atomic E-state index is 4.44. The van der Waals surface area contributed by atoms with Crippen LogP contribution in [0.3, 0.4) is 0 Å². The molecule has 1 heterocycles. The molecule has 1 aromatic carbocycles. The molecular weight excluding hydrogens is 248 g/mol. The number of aryl methyl sites for hydroxylation is 1. The molecule has 2 N–H and O–H groups in total. The van der Waals surface area contributed by atoms with Crippen molar-refractivity contribution in [1.29, 1.82) is 0 Å². The molecule has 1 aromatic heterocycles. The van der Waals surface area contributed by atoms with Crippen LogP contribution in [-0.2, 0) is 6.54 Å². The van der Waals surface area contributed by atoms with Crippen LogP contribution in [0.2, 0.25) is 0 Å². The zero-order chi connectivity index (χ0) is 14.2. The van der Waals surface area contributed by atoms with Gasteiger partial charge in [0.1, 0.15) is 5.82 Å². The third-order valence-corrected chi connectivity index (χ3v) is 3.06. The van der Waals surface area contributed by atoms with Gasteiger partial charge in [-0.05, 0) is 25.0 Å². The van der Waals surface area contributed by atoms with Crippen LogP contribution >= 0.6 is 0 Å². The lowest BCUT2D eigenvalue weighted by Gasteiger charge is -2.08. The quantitative estimate of drug-likeness (QED) is 0.755. The molecule has 0 amide bonds. The van der Waals surface area contributed by atoms with Gasteiger partial charge >= 0.3 is 0 Å². The van der Waals surface area contributed by atoms with E-state index in [4.69, 9.17) is 0 Å². The molecule has 0 radical (unpaired) electrons. The van der Waals surface area contributed by atoms with Crippen molar-refractivity contribution in [3.8, 4) is 0 Å². The van der Waals surface area contributed by atoms with Crippen LogP contribution in [-0.4, -0.2) is 16.5 Å². The molecule has 0 aliphatic heterocycles. The predicted molar refractivity (Wildman–Crippen MR) is 83.9 cm³/mol. The van der Waals surface area contributed by atoms with Gasteiger partial charge in [-0.3, -0.25) is 0 Å². The minimum Gasteiger partial charge on any atom is -0.370 e. The van der Waals surface area contributed by atoms with E-state index in [9.17, 15) is 0 Å². The van der Waals surface area contributed by atoms with Gasteiger partial charge in [-0.2, -0.15) is 4.98 Å². The van der Waals surface area contributed by atoms with Crippen LogP contribution in [0.4, 0.5) is 11.8 Å². The SMILES string of the molecule is CCCCNc1ccnc(NCc2ccc(C)cc2)n1. The summed E-state index contributed by atoms with van der Waals surface area (Å²) < 4.78 is 0. The highest BCUT2D eigenvalue weighted by molar-refractivity contribution is 5.40. The first-order chi connectivity index (χ1) is 9.78. The average Bonchev–Trinajstić information content (AvgIpc) is 2.47. The minimum atomic E-state index is 0.659. The second kappa shape index (κ2) is 7.48. The third kappa shape index (κ3) is 4.53. The highest BCUT2D eigenvalue weighted by atomic mass is 15.1.